The van der Waals surface area contributed by atoms with E-state index >= 15 is 0 Å². The predicted molar refractivity (Wildman–Crippen MR) is 61.3 cm³/mol. The van der Waals surface area contributed by atoms with Crippen LogP contribution in [0.15, 0.2) is 23.0 Å². The molecule has 0 fully saturated rings. The van der Waals surface area contributed by atoms with Crippen molar-refractivity contribution in [3.63, 3.8) is 0 Å². The number of aromatic nitrogens is 3. The first kappa shape index (κ1) is 10.2. The average molecular weight is 242 g/mol. The summed E-state index contributed by atoms with van der Waals surface area (Å²) in [6.07, 6.45) is 0. The molecule has 15 heavy (non-hydrogen) atoms. The van der Waals surface area contributed by atoms with Crippen molar-refractivity contribution >= 4 is 23.8 Å². The zero-order chi connectivity index (χ0) is 11.0. The van der Waals surface area contributed by atoms with Gasteiger partial charge in [0.15, 0.2) is 0 Å². The smallest absolute Gasteiger partial charge is 0.272 e. The van der Waals surface area contributed by atoms with Gasteiger partial charge >= 0.3 is 5.69 Å². The SMILES string of the molecule is Cc1ccc(-n2c(=O)[nH][nH]c2=S)c(Cl)c1. The van der Waals surface area contributed by atoms with Crippen LogP contribution in [-0.4, -0.2) is 14.8 Å². The first-order chi connectivity index (χ1) is 7.09. The van der Waals surface area contributed by atoms with Crippen molar-refractivity contribution in [2.75, 3.05) is 0 Å². The average Bonchev–Trinajstić information content (AvgIpc) is 2.48. The van der Waals surface area contributed by atoms with Crippen LogP contribution in [0.5, 0.6) is 0 Å². The molecular weight excluding hydrogens is 234 g/mol. The number of aromatic amines is 2. The number of halogens is 1. The Morgan fingerprint density at radius 2 is 2.13 bits per heavy atom. The molecule has 2 rings (SSSR count). The highest BCUT2D eigenvalue weighted by Gasteiger charge is 2.07. The van der Waals surface area contributed by atoms with Crippen LogP contribution in [0.3, 0.4) is 0 Å². The topological polar surface area (TPSA) is 53.6 Å². The molecule has 0 unspecified atom stereocenters. The monoisotopic (exact) mass is 241 g/mol. The first-order valence-electron chi connectivity index (χ1n) is 4.26. The Morgan fingerprint density at radius 3 is 2.67 bits per heavy atom. The van der Waals surface area contributed by atoms with Crippen LogP contribution in [0.25, 0.3) is 5.69 Å². The van der Waals surface area contributed by atoms with Gasteiger partial charge in [0.2, 0.25) is 4.77 Å². The number of hydrogen-bond donors (Lipinski definition) is 2. The Bertz CT molecular complexity index is 583. The van der Waals surface area contributed by atoms with Crippen LogP contribution in [0.2, 0.25) is 5.02 Å². The summed E-state index contributed by atoms with van der Waals surface area (Å²) in [5.41, 5.74) is 1.28. The molecule has 0 saturated carbocycles. The van der Waals surface area contributed by atoms with Crippen LogP contribution < -0.4 is 5.69 Å². The number of rotatable bonds is 1. The Balaban J connectivity index is 2.75. The van der Waals surface area contributed by atoms with E-state index in [0.717, 1.165) is 5.56 Å². The van der Waals surface area contributed by atoms with Gasteiger partial charge in [-0.15, -0.1) is 0 Å². The fraction of sp³-hybridized carbons (Fsp3) is 0.111. The summed E-state index contributed by atoms with van der Waals surface area (Å²) < 4.78 is 1.61. The number of aryl methyl sites for hydroxylation is 1. The molecule has 2 N–H and O–H groups in total. The van der Waals surface area contributed by atoms with Gasteiger partial charge in [-0.05, 0) is 36.8 Å². The fourth-order valence-electron chi connectivity index (χ4n) is 1.32. The lowest BCUT2D eigenvalue weighted by molar-refractivity contribution is 0.974. The van der Waals surface area contributed by atoms with Crippen molar-refractivity contribution in [3.8, 4) is 5.69 Å². The maximum Gasteiger partial charge on any atom is 0.347 e. The number of benzene rings is 1. The second-order valence-corrected chi connectivity index (χ2v) is 3.94. The minimum Gasteiger partial charge on any atom is -0.272 e. The van der Waals surface area contributed by atoms with E-state index in [1.807, 2.05) is 13.0 Å². The summed E-state index contributed by atoms with van der Waals surface area (Å²) in [6, 6.07) is 5.41. The van der Waals surface area contributed by atoms with Gasteiger partial charge in [0.25, 0.3) is 0 Å². The Kier molecular flexibility index (Phi) is 2.50. The maximum absolute atomic E-state index is 11.4. The summed E-state index contributed by atoms with van der Waals surface area (Å²) in [6.45, 7) is 1.93. The summed E-state index contributed by atoms with van der Waals surface area (Å²) >= 11 is 11.0. The van der Waals surface area contributed by atoms with Crippen LogP contribution in [0, 0.1) is 11.7 Å². The van der Waals surface area contributed by atoms with Crippen LogP contribution >= 0.6 is 23.8 Å². The highest BCUT2D eigenvalue weighted by Crippen LogP contribution is 2.20. The van der Waals surface area contributed by atoms with Gasteiger partial charge in [0.1, 0.15) is 0 Å². The standard InChI is InChI=1S/C9H8ClN3OS/c1-5-2-3-7(6(10)4-5)13-8(14)11-12-9(13)15/h2-4H,1H3,(H,11,14)(H,12,15). The highest BCUT2D eigenvalue weighted by atomic mass is 35.5. The number of nitrogens with one attached hydrogen (secondary N) is 2. The Labute approximate surface area is 95.5 Å². The molecular formula is C9H8ClN3OS. The van der Waals surface area contributed by atoms with E-state index in [4.69, 9.17) is 23.8 Å². The van der Waals surface area contributed by atoms with E-state index in [1.165, 1.54) is 4.57 Å². The predicted octanol–water partition coefficient (Wildman–Crippen LogP) is 2.19. The molecule has 0 aliphatic heterocycles. The third kappa shape index (κ3) is 1.75. The van der Waals surface area contributed by atoms with Gasteiger partial charge in [-0.2, -0.15) is 0 Å². The van der Waals surface area contributed by atoms with Crippen molar-refractivity contribution in [3.05, 3.63) is 44.0 Å². The van der Waals surface area contributed by atoms with Gasteiger partial charge < -0.3 is 0 Å². The highest BCUT2D eigenvalue weighted by molar-refractivity contribution is 7.71. The third-order valence-corrected chi connectivity index (χ3v) is 2.61. The molecule has 78 valence electrons. The van der Waals surface area contributed by atoms with E-state index in [2.05, 4.69) is 10.2 Å². The second kappa shape index (κ2) is 3.67. The van der Waals surface area contributed by atoms with E-state index in [0.29, 0.717) is 15.5 Å². The lowest BCUT2D eigenvalue weighted by Gasteiger charge is -2.03. The van der Waals surface area contributed by atoms with E-state index < -0.39 is 0 Å². The van der Waals surface area contributed by atoms with E-state index in [-0.39, 0.29) is 5.69 Å². The molecule has 0 atom stereocenters. The van der Waals surface area contributed by atoms with Crippen molar-refractivity contribution in [2.24, 2.45) is 0 Å². The molecule has 6 heteroatoms. The van der Waals surface area contributed by atoms with Gasteiger partial charge in [-0.1, -0.05) is 17.7 Å². The van der Waals surface area contributed by atoms with Crippen LogP contribution in [0.1, 0.15) is 5.56 Å². The number of hydrogen-bond acceptors (Lipinski definition) is 2. The molecule has 2 aromatic rings. The molecule has 0 aliphatic rings. The molecule has 1 heterocycles. The van der Waals surface area contributed by atoms with Gasteiger partial charge in [-0.25, -0.2) is 14.5 Å². The number of H-pyrrole nitrogens is 2. The normalized spacial score (nSPS) is 10.5. The largest absolute Gasteiger partial charge is 0.347 e. The summed E-state index contributed by atoms with van der Waals surface area (Å²) in [7, 11) is 0. The first-order valence-corrected chi connectivity index (χ1v) is 5.04. The summed E-state index contributed by atoms with van der Waals surface area (Å²) in [5, 5.41) is 5.45. The van der Waals surface area contributed by atoms with Crippen LogP contribution in [0.4, 0.5) is 0 Å². The molecule has 0 bridgehead atoms. The molecule has 0 aliphatic carbocycles. The lowest BCUT2D eigenvalue weighted by Crippen LogP contribution is -2.15. The Morgan fingerprint density at radius 1 is 1.40 bits per heavy atom. The zero-order valence-corrected chi connectivity index (χ0v) is 9.45. The van der Waals surface area contributed by atoms with Crippen molar-refractivity contribution < 1.29 is 0 Å². The lowest BCUT2D eigenvalue weighted by atomic mass is 10.2. The minimum atomic E-state index is -0.328. The third-order valence-electron chi connectivity index (χ3n) is 2.03. The number of nitrogens with zero attached hydrogens (tertiary/aromatic N) is 1. The molecule has 1 aromatic heterocycles. The molecule has 0 amide bonds. The van der Waals surface area contributed by atoms with Gasteiger partial charge in [-0.3, -0.25) is 5.10 Å². The van der Waals surface area contributed by atoms with Gasteiger partial charge in [0, 0.05) is 0 Å². The van der Waals surface area contributed by atoms with Crippen molar-refractivity contribution in [1.29, 1.82) is 0 Å². The fourth-order valence-corrected chi connectivity index (χ4v) is 1.87. The summed E-state index contributed by atoms with van der Waals surface area (Å²) in [5.74, 6) is 0. The minimum absolute atomic E-state index is 0.297. The van der Waals surface area contributed by atoms with Gasteiger partial charge in [0.05, 0.1) is 10.7 Å². The van der Waals surface area contributed by atoms with E-state index in [9.17, 15) is 4.79 Å². The van der Waals surface area contributed by atoms with Crippen molar-refractivity contribution in [1.82, 2.24) is 14.8 Å². The quantitative estimate of drug-likeness (QED) is 0.752. The molecule has 0 spiro atoms. The van der Waals surface area contributed by atoms with Crippen LogP contribution in [-0.2, 0) is 0 Å². The Hall–Kier alpha value is -1.33. The maximum atomic E-state index is 11.4. The molecule has 0 radical (unpaired) electrons. The second-order valence-electron chi connectivity index (χ2n) is 3.15. The van der Waals surface area contributed by atoms with Crippen molar-refractivity contribution in [2.45, 2.75) is 6.92 Å². The van der Waals surface area contributed by atoms with E-state index in [1.54, 1.807) is 12.1 Å². The summed E-state index contributed by atoms with van der Waals surface area (Å²) in [4.78, 5) is 11.4. The zero-order valence-electron chi connectivity index (χ0n) is 7.87. The molecule has 4 nitrogen and oxygen atoms in total. The molecule has 0 saturated heterocycles. The molecule has 1 aromatic carbocycles.